The summed E-state index contributed by atoms with van der Waals surface area (Å²) >= 11 is 0. The lowest BCUT2D eigenvalue weighted by molar-refractivity contribution is -0.174. The highest BCUT2D eigenvalue weighted by molar-refractivity contribution is 7.88. The third kappa shape index (κ3) is 7.20. The van der Waals surface area contributed by atoms with Gasteiger partial charge in [0, 0.05) is 45.9 Å². The molecule has 1 amide bonds. The molecular weight excluding hydrogens is 387 g/mol. The number of hydrogen-bond donors (Lipinski definition) is 0. The number of carbonyl (C=O) groups excluding carboxylic acids is 1. The van der Waals surface area contributed by atoms with E-state index < -0.39 is 28.8 Å². The predicted octanol–water partition coefficient (Wildman–Crippen LogP) is 0.914. The predicted molar refractivity (Wildman–Crippen MR) is 93.7 cm³/mol. The van der Waals surface area contributed by atoms with E-state index in [-0.39, 0.29) is 12.5 Å². The molecule has 0 bridgehead atoms. The van der Waals surface area contributed by atoms with E-state index in [9.17, 15) is 26.4 Å². The average Bonchev–Trinajstić information content (AvgIpc) is 2.60. The van der Waals surface area contributed by atoms with Crippen molar-refractivity contribution in [3.63, 3.8) is 0 Å². The molecule has 2 aliphatic rings. The van der Waals surface area contributed by atoms with Gasteiger partial charge in [0.15, 0.2) is 0 Å². The van der Waals surface area contributed by atoms with Crippen LogP contribution < -0.4 is 0 Å². The average molecular weight is 415 g/mol. The highest BCUT2D eigenvalue weighted by atomic mass is 32.2. The zero-order valence-electron chi connectivity index (χ0n) is 15.6. The molecule has 0 N–H and O–H groups in total. The van der Waals surface area contributed by atoms with Gasteiger partial charge in [0.25, 0.3) is 0 Å². The Bertz CT molecular complexity index is 592. The molecule has 2 rings (SSSR count). The number of ether oxygens (including phenoxy) is 1. The van der Waals surface area contributed by atoms with Gasteiger partial charge in [-0.25, -0.2) is 8.42 Å². The van der Waals surface area contributed by atoms with Crippen LogP contribution in [0.3, 0.4) is 0 Å². The molecule has 7 nitrogen and oxygen atoms in total. The van der Waals surface area contributed by atoms with Gasteiger partial charge in [-0.3, -0.25) is 9.69 Å². The summed E-state index contributed by atoms with van der Waals surface area (Å²) in [5.74, 6) is -0.145. The third-order valence-electron chi connectivity index (χ3n) is 4.88. The number of carbonyl (C=O) groups is 1. The SMILES string of the molecule is CS(=O)(=O)N1CCCCC1C(=O)N1CCN(CCCOCC(F)(F)F)CC1. The molecule has 1 unspecified atom stereocenters. The Kier molecular flexibility index (Phi) is 7.90. The molecular formula is C16H28F3N3O4S. The fourth-order valence-electron chi connectivity index (χ4n) is 3.53. The molecule has 0 spiro atoms. The smallest absolute Gasteiger partial charge is 0.372 e. The van der Waals surface area contributed by atoms with Crippen LogP contribution >= 0.6 is 0 Å². The summed E-state index contributed by atoms with van der Waals surface area (Å²) in [5.41, 5.74) is 0. The summed E-state index contributed by atoms with van der Waals surface area (Å²) < 4.78 is 65.8. The molecule has 0 aromatic rings. The zero-order chi connectivity index (χ0) is 20.1. The van der Waals surface area contributed by atoms with Crippen LogP contribution in [0.4, 0.5) is 13.2 Å². The second kappa shape index (κ2) is 9.53. The second-order valence-electron chi connectivity index (χ2n) is 7.07. The Morgan fingerprint density at radius 2 is 1.78 bits per heavy atom. The Labute approximate surface area is 158 Å². The second-order valence-corrected chi connectivity index (χ2v) is 9.01. The lowest BCUT2D eigenvalue weighted by Gasteiger charge is -2.40. The zero-order valence-corrected chi connectivity index (χ0v) is 16.4. The van der Waals surface area contributed by atoms with Crippen molar-refractivity contribution < 1.29 is 31.1 Å². The van der Waals surface area contributed by atoms with E-state index in [1.807, 2.05) is 0 Å². The standard InChI is InChI=1S/C16H28F3N3O4S/c1-27(24,25)22-7-3-2-5-14(22)15(23)21-10-8-20(9-11-21)6-4-12-26-13-16(17,18)19/h14H,2-13H2,1H3. The van der Waals surface area contributed by atoms with Gasteiger partial charge in [-0.05, 0) is 19.3 Å². The summed E-state index contributed by atoms with van der Waals surface area (Å²) in [5, 5.41) is 0. The van der Waals surface area contributed by atoms with Crippen molar-refractivity contribution in [1.29, 1.82) is 0 Å². The van der Waals surface area contributed by atoms with Crippen molar-refractivity contribution >= 4 is 15.9 Å². The van der Waals surface area contributed by atoms with Gasteiger partial charge < -0.3 is 9.64 Å². The minimum atomic E-state index is -4.30. The first kappa shape index (κ1) is 22.4. The maximum absolute atomic E-state index is 12.8. The van der Waals surface area contributed by atoms with E-state index in [2.05, 4.69) is 9.64 Å². The summed E-state index contributed by atoms with van der Waals surface area (Å²) in [4.78, 5) is 16.6. The van der Waals surface area contributed by atoms with Gasteiger partial charge in [0.2, 0.25) is 15.9 Å². The van der Waals surface area contributed by atoms with Gasteiger partial charge in [-0.15, -0.1) is 0 Å². The topological polar surface area (TPSA) is 70.2 Å². The quantitative estimate of drug-likeness (QED) is 0.579. The first-order valence-corrected chi connectivity index (χ1v) is 11.1. The fourth-order valence-corrected chi connectivity index (χ4v) is 4.65. The van der Waals surface area contributed by atoms with Gasteiger partial charge >= 0.3 is 6.18 Å². The Balaban J connectivity index is 1.74. The first-order chi connectivity index (χ1) is 12.6. The van der Waals surface area contributed by atoms with E-state index in [0.717, 1.165) is 19.1 Å². The monoisotopic (exact) mass is 415 g/mol. The molecule has 2 fully saturated rings. The molecule has 2 heterocycles. The van der Waals surface area contributed by atoms with Crippen LogP contribution in [0.2, 0.25) is 0 Å². The highest BCUT2D eigenvalue weighted by Gasteiger charge is 2.37. The molecule has 2 aliphatic heterocycles. The van der Waals surface area contributed by atoms with Crippen LogP contribution in [0.1, 0.15) is 25.7 Å². The van der Waals surface area contributed by atoms with Crippen LogP contribution in [0, 0.1) is 0 Å². The lowest BCUT2D eigenvalue weighted by atomic mass is 10.0. The molecule has 11 heteroatoms. The number of piperazine rings is 1. The van der Waals surface area contributed by atoms with Crippen LogP contribution in [0.25, 0.3) is 0 Å². The third-order valence-corrected chi connectivity index (χ3v) is 6.17. The molecule has 2 saturated heterocycles. The number of halogens is 3. The van der Waals surface area contributed by atoms with Crippen LogP contribution in [-0.2, 0) is 19.6 Å². The molecule has 0 aliphatic carbocycles. The van der Waals surface area contributed by atoms with E-state index in [4.69, 9.17) is 0 Å². The highest BCUT2D eigenvalue weighted by Crippen LogP contribution is 2.22. The Morgan fingerprint density at radius 3 is 2.37 bits per heavy atom. The molecule has 0 radical (unpaired) electrons. The summed E-state index contributed by atoms with van der Waals surface area (Å²) in [6, 6.07) is -0.615. The number of nitrogens with zero attached hydrogens (tertiary/aromatic N) is 3. The summed E-state index contributed by atoms with van der Waals surface area (Å²) in [7, 11) is -3.42. The van der Waals surface area contributed by atoms with Gasteiger partial charge in [-0.1, -0.05) is 6.42 Å². The maximum Gasteiger partial charge on any atom is 0.411 e. The molecule has 158 valence electrons. The molecule has 27 heavy (non-hydrogen) atoms. The van der Waals surface area contributed by atoms with Gasteiger partial charge in [-0.2, -0.15) is 17.5 Å². The van der Waals surface area contributed by atoms with Crippen molar-refractivity contribution in [2.45, 2.75) is 37.9 Å². The summed E-state index contributed by atoms with van der Waals surface area (Å²) in [6.45, 7) is 2.05. The first-order valence-electron chi connectivity index (χ1n) is 9.20. The molecule has 0 aromatic heterocycles. The van der Waals surface area contributed by atoms with Crippen molar-refractivity contribution in [2.75, 3.05) is 58.7 Å². The van der Waals surface area contributed by atoms with Crippen molar-refractivity contribution in [1.82, 2.24) is 14.1 Å². The van der Waals surface area contributed by atoms with Crippen molar-refractivity contribution in [3.8, 4) is 0 Å². The van der Waals surface area contributed by atoms with Crippen LogP contribution in [0.5, 0.6) is 0 Å². The van der Waals surface area contributed by atoms with E-state index in [0.29, 0.717) is 52.1 Å². The van der Waals surface area contributed by atoms with Crippen LogP contribution in [0.15, 0.2) is 0 Å². The lowest BCUT2D eigenvalue weighted by Crippen LogP contribution is -2.57. The van der Waals surface area contributed by atoms with Crippen molar-refractivity contribution in [3.05, 3.63) is 0 Å². The summed E-state index contributed by atoms with van der Waals surface area (Å²) in [6.07, 6.45) is -0.527. The Morgan fingerprint density at radius 1 is 1.11 bits per heavy atom. The number of amides is 1. The normalized spacial score (nSPS) is 23.6. The maximum atomic E-state index is 12.8. The van der Waals surface area contributed by atoms with Gasteiger partial charge in [0.05, 0.1) is 6.26 Å². The number of piperidine rings is 1. The molecule has 0 aromatic carbocycles. The fraction of sp³-hybridized carbons (Fsp3) is 0.938. The van der Waals surface area contributed by atoms with Crippen molar-refractivity contribution in [2.24, 2.45) is 0 Å². The largest absolute Gasteiger partial charge is 0.411 e. The number of alkyl halides is 3. The Hall–Kier alpha value is -0.910. The minimum absolute atomic E-state index is 0.0457. The number of rotatable bonds is 7. The minimum Gasteiger partial charge on any atom is -0.372 e. The van der Waals surface area contributed by atoms with Gasteiger partial charge in [0.1, 0.15) is 12.6 Å². The van der Waals surface area contributed by atoms with E-state index in [1.54, 1.807) is 4.90 Å². The van der Waals surface area contributed by atoms with Crippen LogP contribution in [-0.4, -0.2) is 99.4 Å². The number of sulfonamides is 1. The number of hydrogen-bond acceptors (Lipinski definition) is 5. The molecule has 0 saturated carbocycles. The van der Waals surface area contributed by atoms with E-state index >= 15 is 0 Å². The molecule has 1 atom stereocenters. The van der Waals surface area contributed by atoms with E-state index in [1.165, 1.54) is 4.31 Å².